The van der Waals surface area contributed by atoms with Gasteiger partial charge in [-0.1, -0.05) is 18.2 Å². The number of nitrogens with zero attached hydrogens (tertiary/aromatic N) is 3. The molecule has 3 rings (SSSR count). The molecule has 2 heterocycles. The number of carbonyl (C=O) groups is 2. The summed E-state index contributed by atoms with van der Waals surface area (Å²) >= 11 is 0. The van der Waals surface area contributed by atoms with Crippen LogP contribution in [0.25, 0.3) is 0 Å². The SMILES string of the molecule is O=C(CCCOc1ccccc1)N1CCN(C(=O)CN2CCOCC2)CC1. The highest BCUT2D eigenvalue weighted by molar-refractivity contribution is 5.79. The normalized spacial score (nSPS) is 18.4. The van der Waals surface area contributed by atoms with Gasteiger partial charge in [0.2, 0.25) is 11.8 Å². The molecule has 7 nitrogen and oxygen atoms in total. The summed E-state index contributed by atoms with van der Waals surface area (Å²) in [6, 6.07) is 9.63. The number of para-hydroxylation sites is 1. The maximum atomic E-state index is 12.4. The maximum Gasteiger partial charge on any atom is 0.236 e. The van der Waals surface area contributed by atoms with Crippen molar-refractivity contribution in [3.05, 3.63) is 30.3 Å². The summed E-state index contributed by atoms with van der Waals surface area (Å²) in [5.74, 6) is 1.13. The van der Waals surface area contributed by atoms with Gasteiger partial charge in [0.25, 0.3) is 0 Å². The van der Waals surface area contributed by atoms with Gasteiger partial charge >= 0.3 is 0 Å². The molecule has 2 aliphatic heterocycles. The van der Waals surface area contributed by atoms with Gasteiger partial charge in [0.05, 0.1) is 26.4 Å². The van der Waals surface area contributed by atoms with E-state index >= 15 is 0 Å². The first-order valence-electron chi connectivity index (χ1n) is 9.76. The van der Waals surface area contributed by atoms with Crippen LogP contribution in [0.5, 0.6) is 5.75 Å². The predicted molar refractivity (Wildman–Crippen MR) is 102 cm³/mol. The average Bonchev–Trinajstić information content (AvgIpc) is 2.72. The Morgan fingerprint density at radius 1 is 0.889 bits per heavy atom. The van der Waals surface area contributed by atoms with Crippen molar-refractivity contribution in [2.75, 3.05) is 65.6 Å². The number of benzene rings is 1. The van der Waals surface area contributed by atoms with Gasteiger partial charge in [-0.05, 0) is 18.6 Å². The van der Waals surface area contributed by atoms with E-state index in [9.17, 15) is 9.59 Å². The number of carbonyl (C=O) groups excluding carboxylic acids is 2. The molecule has 2 fully saturated rings. The Kier molecular flexibility index (Phi) is 7.47. The van der Waals surface area contributed by atoms with Crippen LogP contribution in [0.4, 0.5) is 0 Å². The van der Waals surface area contributed by atoms with Crippen molar-refractivity contribution in [2.45, 2.75) is 12.8 Å². The van der Waals surface area contributed by atoms with Gasteiger partial charge in [0, 0.05) is 45.7 Å². The summed E-state index contributed by atoms with van der Waals surface area (Å²) in [6.45, 7) is 6.49. The van der Waals surface area contributed by atoms with Crippen LogP contribution in [0.3, 0.4) is 0 Å². The minimum Gasteiger partial charge on any atom is -0.494 e. The molecule has 2 saturated heterocycles. The van der Waals surface area contributed by atoms with Crippen LogP contribution >= 0.6 is 0 Å². The molecule has 27 heavy (non-hydrogen) atoms. The first kappa shape index (κ1) is 19.6. The molecule has 7 heteroatoms. The fraction of sp³-hybridized carbons (Fsp3) is 0.600. The second-order valence-corrected chi connectivity index (χ2v) is 6.92. The first-order chi connectivity index (χ1) is 13.2. The van der Waals surface area contributed by atoms with E-state index in [-0.39, 0.29) is 11.8 Å². The smallest absolute Gasteiger partial charge is 0.236 e. The molecule has 0 atom stereocenters. The van der Waals surface area contributed by atoms with E-state index in [4.69, 9.17) is 9.47 Å². The van der Waals surface area contributed by atoms with Crippen LogP contribution in [0, 0.1) is 0 Å². The summed E-state index contributed by atoms with van der Waals surface area (Å²) in [7, 11) is 0. The minimum atomic E-state index is 0.145. The number of morpholine rings is 1. The molecule has 148 valence electrons. The number of hydrogen-bond acceptors (Lipinski definition) is 5. The zero-order valence-corrected chi connectivity index (χ0v) is 15.8. The van der Waals surface area contributed by atoms with Crippen molar-refractivity contribution in [3.63, 3.8) is 0 Å². The van der Waals surface area contributed by atoms with E-state index in [2.05, 4.69) is 4.90 Å². The summed E-state index contributed by atoms with van der Waals surface area (Å²) in [4.78, 5) is 30.6. The van der Waals surface area contributed by atoms with E-state index < -0.39 is 0 Å². The van der Waals surface area contributed by atoms with Gasteiger partial charge < -0.3 is 19.3 Å². The Balaban J connectivity index is 1.31. The van der Waals surface area contributed by atoms with Crippen molar-refractivity contribution in [1.82, 2.24) is 14.7 Å². The second kappa shape index (κ2) is 10.3. The fourth-order valence-electron chi connectivity index (χ4n) is 3.34. The summed E-state index contributed by atoms with van der Waals surface area (Å²) in [5, 5.41) is 0. The number of piperazine rings is 1. The van der Waals surface area contributed by atoms with E-state index in [0.717, 1.165) is 18.8 Å². The van der Waals surface area contributed by atoms with E-state index in [1.165, 1.54) is 0 Å². The second-order valence-electron chi connectivity index (χ2n) is 6.92. The van der Waals surface area contributed by atoms with E-state index in [1.807, 2.05) is 40.1 Å². The molecule has 2 aliphatic rings. The topological polar surface area (TPSA) is 62.3 Å². The summed E-state index contributed by atoms with van der Waals surface area (Å²) in [6.07, 6.45) is 1.18. The highest BCUT2D eigenvalue weighted by atomic mass is 16.5. The molecule has 0 unspecified atom stereocenters. The molecule has 1 aromatic rings. The van der Waals surface area contributed by atoms with Crippen LogP contribution in [0.2, 0.25) is 0 Å². The van der Waals surface area contributed by atoms with Crippen molar-refractivity contribution < 1.29 is 19.1 Å². The monoisotopic (exact) mass is 375 g/mol. The Morgan fingerprint density at radius 3 is 2.19 bits per heavy atom. The van der Waals surface area contributed by atoms with Gasteiger partial charge in [-0.2, -0.15) is 0 Å². The van der Waals surface area contributed by atoms with Gasteiger partial charge in [-0.25, -0.2) is 0 Å². The fourth-order valence-corrected chi connectivity index (χ4v) is 3.34. The molecular formula is C20H29N3O4. The lowest BCUT2D eigenvalue weighted by molar-refractivity contribution is -0.140. The van der Waals surface area contributed by atoms with Gasteiger partial charge in [0.1, 0.15) is 5.75 Å². The quantitative estimate of drug-likeness (QED) is 0.661. The zero-order valence-electron chi connectivity index (χ0n) is 15.8. The van der Waals surface area contributed by atoms with Crippen molar-refractivity contribution in [2.24, 2.45) is 0 Å². The molecule has 0 saturated carbocycles. The standard InChI is InChI=1S/C20H29N3O4/c24-19(7-4-14-27-18-5-2-1-3-6-18)22-8-10-23(11-9-22)20(25)17-21-12-15-26-16-13-21/h1-3,5-6H,4,7-17H2. The lowest BCUT2D eigenvalue weighted by Gasteiger charge is -2.36. The Bertz CT molecular complexity index is 597. The molecule has 1 aromatic carbocycles. The van der Waals surface area contributed by atoms with Crippen LogP contribution < -0.4 is 4.74 Å². The summed E-state index contributed by atoms with van der Waals surface area (Å²) < 4.78 is 10.9. The Labute approximate surface area is 160 Å². The van der Waals surface area contributed by atoms with Crippen molar-refractivity contribution in [3.8, 4) is 5.75 Å². The van der Waals surface area contributed by atoms with Crippen LogP contribution in [-0.2, 0) is 14.3 Å². The van der Waals surface area contributed by atoms with E-state index in [1.54, 1.807) is 0 Å². The molecule has 0 N–H and O–H groups in total. The van der Waals surface area contributed by atoms with Gasteiger partial charge in [0.15, 0.2) is 0 Å². The number of ether oxygens (including phenoxy) is 2. The van der Waals surface area contributed by atoms with Crippen LogP contribution in [0.15, 0.2) is 30.3 Å². The Hall–Kier alpha value is -2.12. The van der Waals surface area contributed by atoms with Gasteiger partial charge in [-0.3, -0.25) is 14.5 Å². The lowest BCUT2D eigenvalue weighted by Crippen LogP contribution is -2.53. The largest absolute Gasteiger partial charge is 0.494 e. The third-order valence-corrected chi connectivity index (χ3v) is 4.99. The molecule has 0 aliphatic carbocycles. The first-order valence-corrected chi connectivity index (χ1v) is 9.76. The summed E-state index contributed by atoms with van der Waals surface area (Å²) in [5.41, 5.74) is 0. The predicted octanol–water partition coefficient (Wildman–Crippen LogP) is 0.849. The van der Waals surface area contributed by atoms with Crippen LogP contribution in [-0.4, -0.2) is 92.1 Å². The maximum absolute atomic E-state index is 12.4. The molecule has 0 bridgehead atoms. The number of amides is 2. The van der Waals surface area contributed by atoms with E-state index in [0.29, 0.717) is 65.4 Å². The number of rotatable bonds is 7. The number of hydrogen-bond donors (Lipinski definition) is 0. The third kappa shape index (κ3) is 6.22. The lowest BCUT2D eigenvalue weighted by atomic mass is 10.2. The zero-order chi connectivity index (χ0) is 18.9. The highest BCUT2D eigenvalue weighted by Crippen LogP contribution is 2.10. The molecule has 0 aromatic heterocycles. The molecule has 2 amide bonds. The van der Waals surface area contributed by atoms with Crippen molar-refractivity contribution >= 4 is 11.8 Å². The third-order valence-electron chi connectivity index (χ3n) is 4.99. The molecule has 0 spiro atoms. The molecular weight excluding hydrogens is 346 g/mol. The molecule has 0 radical (unpaired) electrons. The Morgan fingerprint density at radius 2 is 1.52 bits per heavy atom. The minimum absolute atomic E-state index is 0.145. The van der Waals surface area contributed by atoms with Crippen molar-refractivity contribution in [1.29, 1.82) is 0 Å². The van der Waals surface area contributed by atoms with Gasteiger partial charge in [-0.15, -0.1) is 0 Å². The average molecular weight is 375 g/mol. The van der Waals surface area contributed by atoms with Crippen LogP contribution in [0.1, 0.15) is 12.8 Å². The highest BCUT2D eigenvalue weighted by Gasteiger charge is 2.25.